The Morgan fingerprint density at radius 3 is 2.45 bits per heavy atom. The van der Waals surface area contributed by atoms with E-state index in [-0.39, 0.29) is 23.2 Å². The van der Waals surface area contributed by atoms with E-state index in [1.165, 1.54) is 17.8 Å². The number of carbonyl (C=O) groups is 2. The number of hydrogen-bond donors (Lipinski definition) is 3. The van der Waals surface area contributed by atoms with Gasteiger partial charge in [-0.2, -0.15) is 9.78 Å². The van der Waals surface area contributed by atoms with Crippen molar-refractivity contribution in [3.05, 3.63) is 65.4 Å². The quantitative estimate of drug-likeness (QED) is 0.299. The van der Waals surface area contributed by atoms with E-state index in [1.807, 2.05) is 31.2 Å². The van der Waals surface area contributed by atoms with Crippen LogP contribution in [0.3, 0.4) is 0 Å². The van der Waals surface area contributed by atoms with Gasteiger partial charge in [-0.1, -0.05) is 47.2 Å². The third-order valence-electron chi connectivity index (χ3n) is 4.52. The van der Waals surface area contributed by atoms with E-state index in [2.05, 4.69) is 41.1 Å². The van der Waals surface area contributed by atoms with Crippen LogP contribution >= 0.6 is 0 Å². The summed E-state index contributed by atoms with van der Waals surface area (Å²) < 4.78 is 5.95. The first-order valence-electron chi connectivity index (χ1n) is 9.74. The molecule has 0 atom stereocenters. The number of nitrogen functional groups attached to an aromatic ring is 1. The summed E-state index contributed by atoms with van der Waals surface area (Å²) in [6, 6.07) is 14.4. The molecule has 2 heterocycles. The van der Waals surface area contributed by atoms with E-state index >= 15 is 0 Å². The monoisotopic (exact) mass is 445 g/mol. The molecule has 12 heteroatoms. The highest BCUT2D eigenvalue weighted by atomic mass is 16.6. The molecule has 0 fully saturated rings. The topological polar surface area (TPSA) is 166 Å². The zero-order chi connectivity index (χ0) is 23.4. The molecule has 12 nitrogen and oxygen atoms in total. The molecular formula is C21H19N9O3. The molecule has 2 amide bonds. The first kappa shape index (κ1) is 21.4. The summed E-state index contributed by atoms with van der Waals surface area (Å²) in [6.07, 6.45) is 1.46. The van der Waals surface area contributed by atoms with Gasteiger partial charge in [-0.3, -0.25) is 9.59 Å². The lowest BCUT2D eigenvalue weighted by molar-refractivity contribution is -0.114. The molecule has 0 spiro atoms. The number of benzene rings is 2. The van der Waals surface area contributed by atoms with Crippen LogP contribution in [0.4, 0.5) is 11.5 Å². The summed E-state index contributed by atoms with van der Waals surface area (Å²) in [5, 5.41) is 22.0. The molecule has 0 aliphatic rings. The first-order chi connectivity index (χ1) is 15.9. The molecule has 166 valence electrons. The summed E-state index contributed by atoms with van der Waals surface area (Å²) in [5.41, 5.74) is 11.7. The van der Waals surface area contributed by atoms with Gasteiger partial charge in [0.25, 0.3) is 5.91 Å². The Morgan fingerprint density at radius 1 is 1.09 bits per heavy atom. The maximum absolute atomic E-state index is 12.9. The van der Waals surface area contributed by atoms with E-state index in [4.69, 9.17) is 5.73 Å². The average molecular weight is 445 g/mol. The molecule has 0 aliphatic heterocycles. The number of nitrogens with one attached hydrogen (secondary N) is 2. The lowest BCUT2D eigenvalue weighted by atomic mass is 10.1. The fraction of sp³-hybridized carbons (Fsp3) is 0.0952. The number of nitrogens with zero attached hydrogens (tertiary/aromatic N) is 6. The Morgan fingerprint density at radius 2 is 1.82 bits per heavy atom. The van der Waals surface area contributed by atoms with Crippen molar-refractivity contribution < 1.29 is 14.2 Å². The van der Waals surface area contributed by atoms with Crippen molar-refractivity contribution in [2.45, 2.75) is 13.8 Å². The fourth-order valence-electron chi connectivity index (χ4n) is 2.97. The molecule has 0 bridgehead atoms. The minimum Gasteiger partial charge on any atom is -0.378 e. The van der Waals surface area contributed by atoms with Gasteiger partial charge in [0.05, 0.1) is 6.21 Å². The zero-order valence-electron chi connectivity index (χ0n) is 17.7. The van der Waals surface area contributed by atoms with Crippen LogP contribution in [0.1, 0.15) is 28.5 Å². The Labute approximate surface area is 187 Å². The molecule has 33 heavy (non-hydrogen) atoms. The predicted molar refractivity (Wildman–Crippen MR) is 120 cm³/mol. The van der Waals surface area contributed by atoms with Crippen LogP contribution in [0, 0.1) is 6.92 Å². The second-order valence-electron chi connectivity index (χ2n) is 7.04. The van der Waals surface area contributed by atoms with Gasteiger partial charge in [0.2, 0.25) is 17.5 Å². The number of anilines is 2. The van der Waals surface area contributed by atoms with E-state index in [9.17, 15) is 9.59 Å². The summed E-state index contributed by atoms with van der Waals surface area (Å²) in [7, 11) is 0. The Balaban J connectivity index is 1.59. The molecule has 4 aromatic rings. The van der Waals surface area contributed by atoms with Crippen molar-refractivity contribution in [1.29, 1.82) is 0 Å². The first-order valence-corrected chi connectivity index (χ1v) is 9.74. The molecule has 0 aliphatic carbocycles. The fourth-order valence-corrected chi connectivity index (χ4v) is 2.97. The van der Waals surface area contributed by atoms with Crippen LogP contribution < -0.4 is 16.5 Å². The van der Waals surface area contributed by atoms with Gasteiger partial charge in [-0.05, 0) is 34.9 Å². The number of hydrogen-bond acceptors (Lipinski definition) is 9. The Hall–Kier alpha value is -4.87. The minimum atomic E-state index is -0.585. The summed E-state index contributed by atoms with van der Waals surface area (Å²) in [6.45, 7) is 3.38. The molecule has 2 aromatic heterocycles. The maximum Gasteiger partial charge on any atom is 0.294 e. The highest BCUT2D eigenvalue weighted by Gasteiger charge is 2.25. The summed E-state index contributed by atoms with van der Waals surface area (Å²) >= 11 is 0. The van der Waals surface area contributed by atoms with Gasteiger partial charge in [-0.15, -0.1) is 5.10 Å². The SMILES string of the molecule is CC(=O)Nc1ccc(/C=N\NC(=O)c2nnn(-c3nonc3N)c2-c2ccc(C)cc2)cc1. The van der Waals surface area contributed by atoms with Crippen molar-refractivity contribution in [3.8, 4) is 17.1 Å². The number of amides is 2. The number of carbonyl (C=O) groups excluding carboxylic acids is 2. The number of rotatable bonds is 6. The van der Waals surface area contributed by atoms with Crippen molar-refractivity contribution in [1.82, 2.24) is 30.7 Å². The average Bonchev–Trinajstić information content (AvgIpc) is 3.41. The standard InChI is InChI=1S/C21H19N9O3/c1-12-3-7-15(8-4-12)18-17(25-29-30(18)20-19(22)27-33-28-20)21(32)26-23-11-14-5-9-16(10-6-14)24-13(2)31/h3-11H,1-2H3,(H2,22,27)(H,24,31)(H,26,32)/b23-11-. The van der Waals surface area contributed by atoms with Crippen LogP contribution in [0.15, 0.2) is 58.3 Å². The second kappa shape index (κ2) is 9.09. The van der Waals surface area contributed by atoms with E-state index in [0.29, 0.717) is 22.5 Å². The normalized spacial score (nSPS) is 11.0. The maximum atomic E-state index is 12.9. The van der Waals surface area contributed by atoms with E-state index in [0.717, 1.165) is 5.56 Å². The number of nitrogens with two attached hydrogens (primary N) is 1. The third kappa shape index (κ3) is 4.74. The molecule has 2 aromatic carbocycles. The van der Waals surface area contributed by atoms with Crippen molar-refractivity contribution >= 4 is 29.5 Å². The molecular weight excluding hydrogens is 426 g/mol. The van der Waals surface area contributed by atoms with E-state index < -0.39 is 5.91 Å². The van der Waals surface area contributed by atoms with Gasteiger partial charge in [0, 0.05) is 18.2 Å². The number of hydrazone groups is 1. The van der Waals surface area contributed by atoms with Crippen LogP contribution in [-0.2, 0) is 4.79 Å². The molecule has 0 saturated heterocycles. The zero-order valence-corrected chi connectivity index (χ0v) is 17.7. The molecule has 0 saturated carbocycles. The Kier molecular flexibility index (Phi) is 5.89. The summed E-state index contributed by atoms with van der Waals surface area (Å²) in [4.78, 5) is 24.0. The predicted octanol–water partition coefficient (Wildman–Crippen LogP) is 1.93. The van der Waals surface area contributed by atoms with Gasteiger partial charge in [0.15, 0.2) is 5.69 Å². The number of aromatic nitrogens is 5. The van der Waals surface area contributed by atoms with Crippen molar-refractivity contribution in [2.75, 3.05) is 11.1 Å². The largest absolute Gasteiger partial charge is 0.378 e. The van der Waals surface area contributed by atoms with Crippen molar-refractivity contribution in [2.24, 2.45) is 5.10 Å². The number of aryl methyl sites for hydroxylation is 1. The highest BCUT2D eigenvalue weighted by molar-refractivity contribution is 5.99. The lowest BCUT2D eigenvalue weighted by Crippen LogP contribution is -2.19. The Bertz CT molecular complexity index is 1320. The van der Waals surface area contributed by atoms with Gasteiger partial charge < -0.3 is 11.1 Å². The van der Waals surface area contributed by atoms with Gasteiger partial charge in [0.1, 0.15) is 5.69 Å². The van der Waals surface area contributed by atoms with Gasteiger partial charge >= 0.3 is 0 Å². The smallest absolute Gasteiger partial charge is 0.294 e. The second-order valence-corrected chi connectivity index (χ2v) is 7.04. The van der Waals surface area contributed by atoms with Crippen LogP contribution in [0.5, 0.6) is 0 Å². The molecule has 4 rings (SSSR count). The highest BCUT2D eigenvalue weighted by Crippen LogP contribution is 2.26. The minimum absolute atomic E-state index is 0.000880. The van der Waals surface area contributed by atoms with Crippen LogP contribution in [0.2, 0.25) is 0 Å². The van der Waals surface area contributed by atoms with Crippen LogP contribution in [0.25, 0.3) is 17.1 Å². The third-order valence-corrected chi connectivity index (χ3v) is 4.52. The van der Waals surface area contributed by atoms with Gasteiger partial charge in [-0.25, -0.2) is 10.1 Å². The lowest BCUT2D eigenvalue weighted by Gasteiger charge is -2.06. The van der Waals surface area contributed by atoms with E-state index in [1.54, 1.807) is 24.3 Å². The summed E-state index contributed by atoms with van der Waals surface area (Å²) in [5.74, 6) is -0.636. The molecule has 0 radical (unpaired) electrons. The molecule has 4 N–H and O–H groups in total. The van der Waals surface area contributed by atoms with Crippen molar-refractivity contribution in [3.63, 3.8) is 0 Å². The van der Waals surface area contributed by atoms with Crippen LogP contribution in [-0.4, -0.2) is 43.3 Å². The molecule has 0 unspecified atom stereocenters.